The Morgan fingerprint density at radius 2 is 1.57 bits per heavy atom. The average Bonchev–Trinajstić information content (AvgIpc) is 2.46. The van der Waals surface area contributed by atoms with E-state index in [1.54, 1.807) is 0 Å². The van der Waals surface area contributed by atoms with Gasteiger partial charge in [-0.1, -0.05) is 32.9 Å². The van der Waals surface area contributed by atoms with E-state index in [0.29, 0.717) is 12.1 Å². The van der Waals surface area contributed by atoms with E-state index in [9.17, 15) is 0 Å². The van der Waals surface area contributed by atoms with E-state index in [-0.39, 0.29) is 5.41 Å². The predicted octanol–water partition coefficient (Wildman–Crippen LogP) is 4.25. The molecule has 0 aliphatic heterocycles. The number of nitrogens with one attached hydrogen (secondary N) is 2. The second kappa shape index (κ2) is 7.28. The highest BCUT2D eigenvalue weighted by atomic mass is 16.6. The number of hydroxylamine groups is 1. The molecule has 118 valence electrons. The summed E-state index contributed by atoms with van der Waals surface area (Å²) in [7, 11) is 0. The Bertz CT molecular complexity index is 414. The molecule has 2 N–H and O–H groups in total. The van der Waals surface area contributed by atoms with Gasteiger partial charge in [0.2, 0.25) is 0 Å². The van der Waals surface area contributed by atoms with Gasteiger partial charge in [0.05, 0.1) is 6.61 Å². The van der Waals surface area contributed by atoms with E-state index in [1.165, 1.54) is 36.9 Å². The van der Waals surface area contributed by atoms with Crippen LogP contribution in [0, 0.1) is 0 Å². The molecule has 1 aliphatic carbocycles. The van der Waals surface area contributed by atoms with E-state index < -0.39 is 0 Å². The summed E-state index contributed by atoms with van der Waals surface area (Å²) in [5, 5.41) is 3.67. The monoisotopic (exact) mass is 290 g/mol. The number of benzene rings is 1. The van der Waals surface area contributed by atoms with Gasteiger partial charge in [-0.15, -0.1) is 0 Å². The van der Waals surface area contributed by atoms with Gasteiger partial charge < -0.3 is 10.2 Å². The van der Waals surface area contributed by atoms with Crippen molar-refractivity contribution >= 4 is 5.69 Å². The average molecular weight is 290 g/mol. The van der Waals surface area contributed by atoms with E-state index >= 15 is 0 Å². The Balaban J connectivity index is 1.81. The minimum atomic E-state index is 0.224. The number of anilines is 1. The normalized spacial score (nSPS) is 23.0. The Hall–Kier alpha value is -1.06. The standard InChI is InChI=1S/C18H30N2O/c1-5-21-20-17-12-10-16(11-13-17)19-15-8-6-14(7-9-15)18(2,3)4/h6-9,16-17,19-20H,5,10-13H2,1-4H3. The van der Waals surface area contributed by atoms with E-state index in [2.05, 4.69) is 55.8 Å². The van der Waals surface area contributed by atoms with Gasteiger partial charge in [0.1, 0.15) is 0 Å². The Kier molecular flexibility index (Phi) is 5.65. The van der Waals surface area contributed by atoms with Crippen molar-refractivity contribution in [3.05, 3.63) is 29.8 Å². The largest absolute Gasteiger partial charge is 0.382 e. The molecule has 0 amide bonds. The molecule has 0 bridgehead atoms. The fraction of sp³-hybridized carbons (Fsp3) is 0.667. The van der Waals surface area contributed by atoms with Crippen molar-refractivity contribution in [2.75, 3.05) is 11.9 Å². The topological polar surface area (TPSA) is 33.3 Å². The van der Waals surface area contributed by atoms with Gasteiger partial charge in [-0.3, -0.25) is 0 Å². The number of hydrogen-bond acceptors (Lipinski definition) is 3. The summed E-state index contributed by atoms with van der Waals surface area (Å²) >= 11 is 0. The highest BCUT2D eigenvalue weighted by Crippen LogP contribution is 2.26. The third-order valence-corrected chi connectivity index (χ3v) is 4.24. The molecule has 0 saturated heterocycles. The molecular weight excluding hydrogens is 260 g/mol. The van der Waals surface area contributed by atoms with Crippen LogP contribution in [0.25, 0.3) is 0 Å². The molecule has 0 heterocycles. The molecule has 1 aromatic carbocycles. The second-order valence-corrected chi connectivity index (χ2v) is 7.07. The smallest absolute Gasteiger partial charge is 0.0654 e. The molecular formula is C18H30N2O. The summed E-state index contributed by atoms with van der Waals surface area (Å²) in [4.78, 5) is 5.30. The lowest BCUT2D eigenvalue weighted by atomic mass is 9.87. The fourth-order valence-electron chi connectivity index (χ4n) is 2.86. The molecule has 0 spiro atoms. The molecule has 0 unspecified atom stereocenters. The zero-order valence-corrected chi connectivity index (χ0v) is 13.9. The summed E-state index contributed by atoms with van der Waals surface area (Å²) in [5.74, 6) is 0. The lowest BCUT2D eigenvalue weighted by Gasteiger charge is -2.30. The summed E-state index contributed by atoms with van der Waals surface area (Å²) < 4.78 is 0. The first kappa shape index (κ1) is 16.3. The van der Waals surface area contributed by atoms with Crippen molar-refractivity contribution in [3.63, 3.8) is 0 Å². The first-order valence-electron chi connectivity index (χ1n) is 8.23. The Morgan fingerprint density at radius 1 is 1.00 bits per heavy atom. The molecule has 3 nitrogen and oxygen atoms in total. The van der Waals surface area contributed by atoms with Crippen molar-refractivity contribution in [1.82, 2.24) is 5.48 Å². The summed E-state index contributed by atoms with van der Waals surface area (Å²) in [6.45, 7) is 9.51. The maximum absolute atomic E-state index is 5.30. The maximum atomic E-state index is 5.30. The van der Waals surface area contributed by atoms with E-state index in [0.717, 1.165) is 6.61 Å². The van der Waals surface area contributed by atoms with Crippen LogP contribution in [-0.2, 0) is 10.3 Å². The minimum Gasteiger partial charge on any atom is -0.382 e. The third-order valence-electron chi connectivity index (χ3n) is 4.24. The molecule has 3 heteroatoms. The first-order valence-corrected chi connectivity index (χ1v) is 8.23. The quantitative estimate of drug-likeness (QED) is 0.795. The van der Waals surface area contributed by atoms with Crippen molar-refractivity contribution in [2.24, 2.45) is 0 Å². The van der Waals surface area contributed by atoms with Crippen LogP contribution >= 0.6 is 0 Å². The molecule has 2 rings (SSSR count). The van der Waals surface area contributed by atoms with Crippen LogP contribution in [0.15, 0.2) is 24.3 Å². The van der Waals surface area contributed by atoms with E-state index in [4.69, 9.17) is 4.84 Å². The fourth-order valence-corrected chi connectivity index (χ4v) is 2.86. The van der Waals surface area contributed by atoms with Crippen LogP contribution < -0.4 is 10.8 Å². The maximum Gasteiger partial charge on any atom is 0.0654 e. The molecule has 21 heavy (non-hydrogen) atoms. The van der Waals surface area contributed by atoms with Gasteiger partial charge in [0.25, 0.3) is 0 Å². The molecule has 1 fully saturated rings. The highest BCUT2D eigenvalue weighted by Gasteiger charge is 2.21. The summed E-state index contributed by atoms with van der Waals surface area (Å²) in [5.41, 5.74) is 6.00. The highest BCUT2D eigenvalue weighted by molar-refractivity contribution is 5.46. The van der Waals surface area contributed by atoms with Crippen molar-refractivity contribution in [3.8, 4) is 0 Å². The van der Waals surface area contributed by atoms with E-state index in [1.807, 2.05) is 6.92 Å². The molecule has 0 radical (unpaired) electrons. The molecule has 1 aliphatic rings. The van der Waals surface area contributed by atoms with Gasteiger partial charge in [0, 0.05) is 17.8 Å². The van der Waals surface area contributed by atoms with Crippen LogP contribution in [0.2, 0.25) is 0 Å². The second-order valence-electron chi connectivity index (χ2n) is 7.07. The number of hydrogen-bond donors (Lipinski definition) is 2. The van der Waals surface area contributed by atoms with Crippen LogP contribution in [-0.4, -0.2) is 18.7 Å². The van der Waals surface area contributed by atoms with Crippen LogP contribution in [0.5, 0.6) is 0 Å². The van der Waals surface area contributed by atoms with Gasteiger partial charge in [-0.2, -0.15) is 5.48 Å². The van der Waals surface area contributed by atoms with Gasteiger partial charge in [-0.25, -0.2) is 0 Å². The SMILES string of the molecule is CCONC1CCC(Nc2ccc(C(C)(C)C)cc2)CC1. The minimum absolute atomic E-state index is 0.224. The van der Waals surface area contributed by atoms with Gasteiger partial charge in [-0.05, 0) is 55.7 Å². The van der Waals surface area contributed by atoms with Gasteiger partial charge >= 0.3 is 0 Å². The molecule has 0 aromatic heterocycles. The molecule has 1 saturated carbocycles. The Morgan fingerprint density at radius 3 is 2.10 bits per heavy atom. The van der Waals surface area contributed by atoms with Gasteiger partial charge in [0.15, 0.2) is 0 Å². The van der Waals surface area contributed by atoms with Crippen LogP contribution in [0.3, 0.4) is 0 Å². The number of rotatable bonds is 5. The van der Waals surface area contributed by atoms with Crippen molar-refractivity contribution in [2.45, 2.75) is 70.9 Å². The van der Waals surface area contributed by atoms with Crippen LogP contribution in [0.4, 0.5) is 5.69 Å². The van der Waals surface area contributed by atoms with Crippen LogP contribution in [0.1, 0.15) is 58.9 Å². The molecule has 0 atom stereocenters. The zero-order valence-electron chi connectivity index (χ0n) is 13.9. The van der Waals surface area contributed by atoms with Crippen molar-refractivity contribution in [1.29, 1.82) is 0 Å². The zero-order chi connectivity index (χ0) is 15.3. The third kappa shape index (κ3) is 5.01. The summed E-state index contributed by atoms with van der Waals surface area (Å²) in [6, 6.07) is 10.0. The Labute approximate surface area is 129 Å². The summed E-state index contributed by atoms with van der Waals surface area (Å²) in [6.07, 6.45) is 4.76. The lowest BCUT2D eigenvalue weighted by molar-refractivity contribution is 0.0145. The predicted molar refractivity (Wildman–Crippen MR) is 89.6 cm³/mol. The van der Waals surface area contributed by atoms with Crippen molar-refractivity contribution < 1.29 is 4.84 Å². The lowest BCUT2D eigenvalue weighted by Crippen LogP contribution is -2.36. The molecule has 1 aromatic rings. The first-order chi connectivity index (χ1) is 9.99.